The molecule has 3 aromatic rings. The zero-order chi connectivity index (χ0) is 22.1. The molecule has 1 heterocycles. The first-order valence-corrected chi connectivity index (χ1v) is 9.48. The van der Waals surface area contributed by atoms with Crippen LogP contribution in [0, 0.1) is 0 Å². The van der Waals surface area contributed by atoms with Crippen LogP contribution in [-0.2, 0) is 4.79 Å². The number of carbonyl (C=O) groups is 1. The van der Waals surface area contributed by atoms with Crippen molar-refractivity contribution in [3.8, 4) is 17.2 Å². The van der Waals surface area contributed by atoms with Gasteiger partial charge in [-0.3, -0.25) is 10.2 Å². The standard InChI is InChI=1S/C21H20ClN5O4/c1-29-16-6-4-15(5-7-16)24-21(28)13-31-17-8-3-14(11-18(17)30-2)12-23-26-20-10-9-19(22)25-27-20/h3-12H,13H2,1-2H3,(H,24,28)(H,26,27)/b23-12+. The highest BCUT2D eigenvalue weighted by atomic mass is 35.5. The van der Waals surface area contributed by atoms with E-state index in [0.29, 0.717) is 33.9 Å². The summed E-state index contributed by atoms with van der Waals surface area (Å²) < 4.78 is 16.0. The van der Waals surface area contributed by atoms with Gasteiger partial charge in [-0.1, -0.05) is 11.6 Å². The van der Waals surface area contributed by atoms with E-state index in [9.17, 15) is 4.79 Å². The Balaban J connectivity index is 1.55. The van der Waals surface area contributed by atoms with Gasteiger partial charge in [-0.25, -0.2) is 0 Å². The van der Waals surface area contributed by atoms with Crippen LogP contribution in [0.15, 0.2) is 59.7 Å². The van der Waals surface area contributed by atoms with Gasteiger partial charge in [-0.2, -0.15) is 5.10 Å². The largest absolute Gasteiger partial charge is 0.497 e. The quantitative estimate of drug-likeness (QED) is 0.386. The first-order valence-electron chi connectivity index (χ1n) is 9.10. The van der Waals surface area contributed by atoms with Crippen LogP contribution >= 0.6 is 11.6 Å². The number of hydrogen-bond acceptors (Lipinski definition) is 8. The lowest BCUT2D eigenvalue weighted by Gasteiger charge is -2.11. The second-order valence-electron chi connectivity index (χ2n) is 6.09. The minimum absolute atomic E-state index is 0.174. The minimum atomic E-state index is -0.300. The van der Waals surface area contributed by atoms with Crippen molar-refractivity contribution in [2.45, 2.75) is 0 Å². The third-order valence-electron chi connectivity index (χ3n) is 3.94. The molecule has 1 amide bonds. The van der Waals surface area contributed by atoms with Crippen molar-refractivity contribution >= 4 is 35.2 Å². The van der Waals surface area contributed by atoms with Crippen molar-refractivity contribution in [1.29, 1.82) is 0 Å². The summed E-state index contributed by atoms with van der Waals surface area (Å²) >= 11 is 5.69. The number of nitrogens with one attached hydrogen (secondary N) is 2. The van der Waals surface area contributed by atoms with E-state index in [-0.39, 0.29) is 12.5 Å². The monoisotopic (exact) mass is 441 g/mol. The molecule has 9 nitrogen and oxygen atoms in total. The van der Waals surface area contributed by atoms with Crippen molar-refractivity contribution in [2.75, 3.05) is 31.6 Å². The predicted octanol–water partition coefficient (Wildman–Crippen LogP) is 3.61. The Morgan fingerprint density at radius 1 is 1.03 bits per heavy atom. The molecule has 31 heavy (non-hydrogen) atoms. The number of anilines is 2. The van der Waals surface area contributed by atoms with Gasteiger partial charge in [-0.15, -0.1) is 10.2 Å². The molecule has 160 valence electrons. The summed E-state index contributed by atoms with van der Waals surface area (Å²) in [5, 5.41) is 14.7. The molecule has 0 unspecified atom stereocenters. The maximum Gasteiger partial charge on any atom is 0.262 e. The third kappa shape index (κ3) is 6.58. The Bertz CT molecular complexity index is 1040. The van der Waals surface area contributed by atoms with Gasteiger partial charge in [0.2, 0.25) is 0 Å². The predicted molar refractivity (Wildman–Crippen MR) is 118 cm³/mol. The zero-order valence-corrected chi connectivity index (χ0v) is 17.6. The first kappa shape index (κ1) is 21.8. The fourth-order valence-corrected chi connectivity index (χ4v) is 2.55. The van der Waals surface area contributed by atoms with Gasteiger partial charge in [-0.05, 0) is 60.2 Å². The Hall–Kier alpha value is -3.85. The topological polar surface area (TPSA) is 107 Å². The van der Waals surface area contributed by atoms with Gasteiger partial charge in [0, 0.05) is 5.69 Å². The SMILES string of the molecule is COc1ccc(NC(=O)COc2ccc(/C=N/Nc3ccc(Cl)nn3)cc2OC)cc1. The molecule has 0 radical (unpaired) electrons. The van der Waals surface area contributed by atoms with Crippen molar-refractivity contribution in [2.24, 2.45) is 5.10 Å². The third-order valence-corrected chi connectivity index (χ3v) is 4.15. The van der Waals surface area contributed by atoms with E-state index >= 15 is 0 Å². The molecule has 0 spiro atoms. The summed E-state index contributed by atoms with van der Waals surface area (Å²) in [5.74, 6) is 1.76. The zero-order valence-electron chi connectivity index (χ0n) is 16.8. The number of aromatic nitrogens is 2. The molecule has 3 rings (SSSR count). The molecule has 2 aromatic carbocycles. The van der Waals surface area contributed by atoms with Gasteiger partial charge in [0.25, 0.3) is 5.91 Å². The van der Waals surface area contributed by atoms with E-state index in [1.165, 1.54) is 7.11 Å². The van der Waals surface area contributed by atoms with Crippen molar-refractivity contribution < 1.29 is 19.0 Å². The number of benzene rings is 2. The number of hydrazone groups is 1. The molecule has 10 heteroatoms. The van der Waals surface area contributed by atoms with E-state index < -0.39 is 0 Å². The second-order valence-corrected chi connectivity index (χ2v) is 6.47. The number of carbonyl (C=O) groups excluding carboxylic acids is 1. The highest BCUT2D eigenvalue weighted by Gasteiger charge is 2.09. The molecule has 0 saturated carbocycles. The molecule has 0 aliphatic carbocycles. The summed E-state index contributed by atoms with van der Waals surface area (Å²) in [5.41, 5.74) is 4.14. The normalized spacial score (nSPS) is 10.5. The van der Waals surface area contributed by atoms with Crippen LogP contribution in [0.5, 0.6) is 17.2 Å². The lowest BCUT2D eigenvalue weighted by atomic mass is 10.2. The summed E-state index contributed by atoms with van der Waals surface area (Å²) in [7, 11) is 3.10. The Kier molecular flexibility index (Phi) is 7.61. The molecule has 0 aliphatic heterocycles. The lowest BCUT2D eigenvalue weighted by Crippen LogP contribution is -2.20. The van der Waals surface area contributed by atoms with Crippen LogP contribution in [0.1, 0.15) is 5.56 Å². The van der Waals surface area contributed by atoms with Gasteiger partial charge in [0.05, 0.1) is 20.4 Å². The van der Waals surface area contributed by atoms with E-state index in [4.69, 9.17) is 25.8 Å². The molecule has 1 aromatic heterocycles. The van der Waals surface area contributed by atoms with Gasteiger partial charge < -0.3 is 19.5 Å². The van der Waals surface area contributed by atoms with Crippen molar-refractivity contribution in [3.63, 3.8) is 0 Å². The lowest BCUT2D eigenvalue weighted by molar-refractivity contribution is -0.118. The van der Waals surface area contributed by atoms with Gasteiger partial charge in [0.1, 0.15) is 5.75 Å². The number of ether oxygens (including phenoxy) is 3. The summed E-state index contributed by atoms with van der Waals surface area (Å²) in [6, 6.07) is 15.5. The van der Waals surface area contributed by atoms with E-state index in [1.807, 2.05) is 0 Å². The smallest absolute Gasteiger partial charge is 0.262 e. The maximum absolute atomic E-state index is 12.1. The Morgan fingerprint density at radius 3 is 2.52 bits per heavy atom. The molecule has 0 fully saturated rings. The van der Waals surface area contributed by atoms with Crippen LogP contribution in [-0.4, -0.2) is 43.1 Å². The summed E-state index contributed by atoms with van der Waals surface area (Å²) in [6.45, 7) is -0.174. The fraction of sp³-hybridized carbons (Fsp3) is 0.143. The van der Waals surface area contributed by atoms with E-state index in [0.717, 1.165) is 5.56 Å². The van der Waals surface area contributed by atoms with Crippen molar-refractivity contribution in [3.05, 3.63) is 65.3 Å². The van der Waals surface area contributed by atoms with Gasteiger partial charge in [0.15, 0.2) is 29.1 Å². The molecule has 0 aliphatic rings. The number of rotatable bonds is 9. The maximum atomic E-state index is 12.1. The van der Waals surface area contributed by atoms with E-state index in [2.05, 4.69) is 26.0 Å². The number of halogens is 1. The highest BCUT2D eigenvalue weighted by molar-refractivity contribution is 6.29. The number of methoxy groups -OCH3 is 2. The molecule has 0 bridgehead atoms. The van der Waals surface area contributed by atoms with Gasteiger partial charge >= 0.3 is 0 Å². The van der Waals surface area contributed by atoms with Crippen molar-refractivity contribution in [1.82, 2.24) is 10.2 Å². The van der Waals surface area contributed by atoms with E-state index in [1.54, 1.807) is 67.9 Å². The molecular formula is C21H20ClN5O4. The Labute approximate surface area is 184 Å². The molecule has 0 saturated heterocycles. The van der Waals surface area contributed by atoms with Crippen LogP contribution in [0.3, 0.4) is 0 Å². The van der Waals surface area contributed by atoms with Crippen LogP contribution in [0.25, 0.3) is 0 Å². The highest BCUT2D eigenvalue weighted by Crippen LogP contribution is 2.27. The fourth-order valence-electron chi connectivity index (χ4n) is 2.45. The molecular weight excluding hydrogens is 422 g/mol. The average Bonchev–Trinajstić information content (AvgIpc) is 2.80. The average molecular weight is 442 g/mol. The number of hydrogen-bond donors (Lipinski definition) is 2. The molecule has 2 N–H and O–H groups in total. The summed E-state index contributed by atoms with van der Waals surface area (Å²) in [6.07, 6.45) is 1.58. The van der Waals surface area contributed by atoms with Crippen LogP contribution < -0.4 is 25.0 Å². The Morgan fingerprint density at radius 2 is 1.84 bits per heavy atom. The first-order chi connectivity index (χ1) is 15.1. The minimum Gasteiger partial charge on any atom is -0.497 e. The molecule has 0 atom stereocenters. The van der Waals surface area contributed by atoms with Crippen LogP contribution in [0.2, 0.25) is 5.15 Å². The summed E-state index contributed by atoms with van der Waals surface area (Å²) in [4.78, 5) is 12.1. The second kappa shape index (κ2) is 10.8. The number of nitrogens with zero attached hydrogens (tertiary/aromatic N) is 3. The van der Waals surface area contributed by atoms with Crippen LogP contribution in [0.4, 0.5) is 11.5 Å². The number of amides is 1.